The van der Waals surface area contributed by atoms with E-state index < -0.39 is 10.0 Å². The lowest BCUT2D eigenvalue weighted by Gasteiger charge is -2.36. The van der Waals surface area contributed by atoms with Crippen molar-refractivity contribution in [2.45, 2.75) is 81.7 Å². The molecular weight excluding hydrogens is 478 g/mol. The van der Waals surface area contributed by atoms with Crippen LogP contribution in [-0.4, -0.2) is 48.5 Å². The third-order valence-electron chi connectivity index (χ3n) is 6.97. The van der Waals surface area contributed by atoms with Gasteiger partial charge in [-0.3, -0.25) is 4.98 Å². The molecule has 0 spiro atoms. The summed E-state index contributed by atoms with van der Waals surface area (Å²) in [6.07, 6.45) is 12.2. The lowest BCUT2D eigenvalue weighted by atomic mass is 9.84. The van der Waals surface area contributed by atoms with Crippen molar-refractivity contribution in [1.29, 1.82) is 0 Å². The molecule has 10 heteroatoms. The van der Waals surface area contributed by atoms with Gasteiger partial charge in [0.2, 0.25) is 10.0 Å². The highest BCUT2D eigenvalue weighted by Gasteiger charge is 2.29. The predicted molar refractivity (Wildman–Crippen MR) is 134 cm³/mol. The van der Waals surface area contributed by atoms with Crippen LogP contribution in [0.2, 0.25) is 5.02 Å². The fourth-order valence-corrected chi connectivity index (χ4v) is 7.90. The minimum Gasteiger partial charge on any atom is -0.375 e. The van der Waals surface area contributed by atoms with Crippen LogP contribution in [0.15, 0.2) is 23.4 Å². The van der Waals surface area contributed by atoms with Crippen molar-refractivity contribution in [2.24, 2.45) is 5.92 Å². The Kier molecular flexibility index (Phi) is 8.28. The molecule has 2 aliphatic carbocycles. The van der Waals surface area contributed by atoms with Crippen molar-refractivity contribution >= 4 is 38.1 Å². The number of rotatable bonds is 9. The molecule has 0 amide bonds. The van der Waals surface area contributed by atoms with E-state index in [2.05, 4.69) is 26.5 Å². The first kappa shape index (κ1) is 24.9. The van der Waals surface area contributed by atoms with E-state index in [9.17, 15) is 8.42 Å². The summed E-state index contributed by atoms with van der Waals surface area (Å²) in [5, 5.41) is 0.902. The first-order chi connectivity index (χ1) is 15.9. The van der Waals surface area contributed by atoms with Gasteiger partial charge in [-0.15, -0.1) is 11.3 Å². The van der Waals surface area contributed by atoms with E-state index >= 15 is 0 Å². The molecule has 1 saturated carbocycles. The van der Waals surface area contributed by atoms with Gasteiger partial charge in [-0.2, -0.15) is 0 Å². The van der Waals surface area contributed by atoms with Crippen molar-refractivity contribution < 1.29 is 8.42 Å². The molecule has 1 atom stereocenters. The van der Waals surface area contributed by atoms with Crippen LogP contribution in [0.25, 0.3) is 0 Å². The van der Waals surface area contributed by atoms with Crippen LogP contribution in [0.1, 0.15) is 62.4 Å². The third kappa shape index (κ3) is 6.25. The molecule has 1 fully saturated rings. The number of nitrogens with one attached hydrogen (secondary N) is 1. The Bertz CT molecular complexity index is 1040. The number of halogens is 1. The van der Waals surface area contributed by atoms with Gasteiger partial charge in [-0.05, 0) is 82.9 Å². The van der Waals surface area contributed by atoms with Crippen LogP contribution in [0, 0.1) is 5.92 Å². The molecule has 2 aromatic heterocycles. The fraction of sp³-hybridized carbons (Fsp3) is 0.652. The number of hydrogen-bond acceptors (Lipinski definition) is 7. The average molecular weight is 512 g/mol. The van der Waals surface area contributed by atoms with Gasteiger partial charge in [0.1, 0.15) is 4.90 Å². The number of nitrogens with zero attached hydrogens (tertiary/aromatic N) is 3. The van der Waals surface area contributed by atoms with Gasteiger partial charge in [-0.25, -0.2) is 18.1 Å². The van der Waals surface area contributed by atoms with Crippen molar-refractivity contribution in [3.63, 3.8) is 0 Å². The Hall–Kier alpha value is -1.26. The van der Waals surface area contributed by atoms with Crippen LogP contribution >= 0.6 is 22.9 Å². The summed E-state index contributed by atoms with van der Waals surface area (Å²) < 4.78 is 28.2. The Morgan fingerprint density at radius 3 is 2.76 bits per heavy atom. The number of aryl methyl sites for hydroxylation is 1. The Morgan fingerprint density at radius 1 is 1.24 bits per heavy atom. The van der Waals surface area contributed by atoms with Crippen molar-refractivity contribution in [1.82, 2.24) is 19.6 Å². The molecule has 33 heavy (non-hydrogen) atoms. The number of nitrogens with two attached hydrogens (primary N) is 1. The average Bonchev–Trinajstić information content (AvgIpc) is 3.17. The molecule has 3 N–H and O–H groups in total. The summed E-state index contributed by atoms with van der Waals surface area (Å²) in [4.78, 5) is 12.5. The summed E-state index contributed by atoms with van der Waals surface area (Å²) in [5.41, 5.74) is 7.13. The molecule has 2 aromatic rings. The molecule has 0 aliphatic heterocycles. The molecule has 2 heterocycles. The number of thiazole rings is 1. The van der Waals surface area contributed by atoms with Crippen LogP contribution in [-0.2, 0) is 22.9 Å². The highest BCUT2D eigenvalue weighted by molar-refractivity contribution is 7.89. The van der Waals surface area contributed by atoms with E-state index in [1.54, 1.807) is 11.3 Å². The number of pyridine rings is 1. The van der Waals surface area contributed by atoms with Gasteiger partial charge < -0.3 is 10.6 Å². The molecule has 0 unspecified atom stereocenters. The van der Waals surface area contributed by atoms with E-state index in [0.29, 0.717) is 17.1 Å². The second-order valence-corrected chi connectivity index (χ2v) is 12.5. The smallest absolute Gasteiger partial charge is 0.243 e. The highest BCUT2D eigenvalue weighted by atomic mass is 35.5. The maximum atomic E-state index is 12.7. The molecule has 0 saturated heterocycles. The van der Waals surface area contributed by atoms with Gasteiger partial charge >= 0.3 is 0 Å². The maximum Gasteiger partial charge on any atom is 0.243 e. The van der Waals surface area contributed by atoms with Gasteiger partial charge in [0.15, 0.2) is 5.13 Å². The standard InChI is InChI=1S/C23H34ClN5O2S2/c1-2-12-29(18-7-8-20-21(14-18)32-23(25)27-20)13-10-16-3-5-17(6-4-16)28-33(30,31)22-15-26-11-9-19(22)24/h9,11,15-18,28H,2-8,10,12-14H2,1H3,(H2,25,27)/t16?,17?,18-/m0/s1. The topological polar surface area (TPSA) is 101 Å². The second kappa shape index (κ2) is 11.0. The van der Waals surface area contributed by atoms with E-state index in [1.807, 2.05) is 0 Å². The summed E-state index contributed by atoms with van der Waals surface area (Å²) in [5.74, 6) is 0.644. The molecule has 2 aliphatic rings. The van der Waals surface area contributed by atoms with Crippen LogP contribution in [0.5, 0.6) is 0 Å². The van der Waals surface area contributed by atoms with E-state index in [4.69, 9.17) is 17.3 Å². The summed E-state index contributed by atoms with van der Waals surface area (Å²) in [6.45, 7) is 4.47. The normalized spacial score (nSPS) is 23.5. The van der Waals surface area contributed by atoms with Crippen LogP contribution in [0.4, 0.5) is 5.13 Å². The van der Waals surface area contributed by atoms with E-state index in [-0.39, 0.29) is 16.0 Å². The Morgan fingerprint density at radius 2 is 2.03 bits per heavy atom. The minimum atomic E-state index is -3.64. The summed E-state index contributed by atoms with van der Waals surface area (Å²) in [6, 6.07) is 2.04. The maximum absolute atomic E-state index is 12.7. The Balaban J connectivity index is 1.26. The number of sulfonamides is 1. The number of fused-ring (bicyclic) bond motifs is 1. The molecule has 0 radical (unpaired) electrons. The molecular formula is C23H34ClN5O2S2. The molecule has 4 rings (SSSR count). The monoisotopic (exact) mass is 511 g/mol. The van der Waals surface area contributed by atoms with E-state index in [0.717, 1.165) is 64.5 Å². The predicted octanol–water partition coefficient (Wildman–Crippen LogP) is 4.27. The first-order valence-electron chi connectivity index (χ1n) is 12.0. The molecule has 0 aromatic carbocycles. The SMILES string of the molecule is CCCN(CCC1CCC(NS(=O)(=O)c2cnccc2Cl)CC1)[C@H]1CCc2nc(N)sc2C1. The largest absolute Gasteiger partial charge is 0.375 e. The van der Waals surface area contributed by atoms with Crippen LogP contribution < -0.4 is 10.5 Å². The second-order valence-electron chi connectivity index (χ2n) is 9.29. The van der Waals surface area contributed by atoms with Crippen molar-refractivity contribution in [2.75, 3.05) is 18.8 Å². The van der Waals surface area contributed by atoms with Crippen molar-refractivity contribution in [3.05, 3.63) is 34.1 Å². The fourth-order valence-electron chi connectivity index (χ4n) is 5.21. The quantitative estimate of drug-likeness (QED) is 0.521. The zero-order valence-electron chi connectivity index (χ0n) is 19.2. The van der Waals surface area contributed by atoms with Gasteiger partial charge in [0, 0.05) is 29.4 Å². The number of nitrogen functional groups attached to an aromatic ring is 1. The van der Waals surface area contributed by atoms with Gasteiger partial charge in [0.05, 0.1) is 10.7 Å². The van der Waals surface area contributed by atoms with Gasteiger partial charge in [-0.1, -0.05) is 18.5 Å². The lowest BCUT2D eigenvalue weighted by molar-refractivity contribution is 0.158. The molecule has 0 bridgehead atoms. The Labute approximate surface area is 206 Å². The van der Waals surface area contributed by atoms with E-state index in [1.165, 1.54) is 35.5 Å². The number of hydrogen-bond donors (Lipinski definition) is 2. The number of aromatic nitrogens is 2. The highest BCUT2D eigenvalue weighted by Crippen LogP contribution is 2.32. The first-order valence-corrected chi connectivity index (χ1v) is 14.6. The van der Waals surface area contributed by atoms with Crippen LogP contribution in [0.3, 0.4) is 0 Å². The van der Waals surface area contributed by atoms with Gasteiger partial charge in [0.25, 0.3) is 0 Å². The summed E-state index contributed by atoms with van der Waals surface area (Å²) in [7, 11) is -3.64. The minimum absolute atomic E-state index is 0.0391. The molecule has 182 valence electrons. The number of anilines is 1. The zero-order valence-corrected chi connectivity index (χ0v) is 21.6. The zero-order chi connectivity index (χ0) is 23.4. The third-order valence-corrected chi connectivity index (χ3v) is 9.91. The molecule has 7 nitrogen and oxygen atoms in total. The lowest BCUT2D eigenvalue weighted by Crippen LogP contribution is -2.41. The van der Waals surface area contributed by atoms with Crippen molar-refractivity contribution in [3.8, 4) is 0 Å². The summed E-state index contributed by atoms with van der Waals surface area (Å²) >= 11 is 7.72.